The van der Waals surface area contributed by atoms with E-state index in [9.17, 15) is 4.79 Å². The summed E-state index contributed by atoms with van der Waals surface area (Å²) in [6.45, 7) is 4.58. The molecule has 0 unspecified atom stereocenters. The van der Waals surface area contributed by atoms with Crippen molar-refractivity contribution in [3.8, 4) is 5.75 Å². The second kappa shape index (κ2) is 8.58. The molecule has 2 rings (SSSR count). The van der Waals surface area contributed by atoms with Crippen LogP contribution in [-0.2, 0) is 0 Å². The Morgan fingerprint density at radius 2 is 2.09 bits per heavy atom. The topological polar surface area (TPSA) is 63.8 Å². The van der Waals surface area contributed by atoms with E-state index in [1.54, 1.807) is 36.7 Å². The molecule has 120 valence electrons. The maximum atomic E-state index is 12.0. The number of hydrogen-bond acceptors (Lipinski definition) is 4. The Hall–Kier alpha value is -2.82. The van der Waals surface area contributed by atoms with Crippen LogP contribution < -0.4 is 10.2 Å². The van der Waals surface area contributed by atoms with E-state index < -0.39 is 0 Å². The maximum Gasteiger partial charge on any atom is 0.271 e. The smallest absolute Gasteiger partial charge is 0.271 e. The molecule has 0 bridgehead atoms. The van der Waals surface area contributed by atoms with E-state index in [0.717, 1.165) is 23.5 Å². The van der Waals surface area contributed by atoms with Gasteiger partial charge in [-0.15, -0.1) is 0 Å². The number of nitrogens with zero attached hydrogens (tertiary/aromatic N) is 1. The van der Waals surface area contributed by atoms with Crippen molar-refractivity contribution in [2.75, 3.05) is 6.61 Å². The van der Waals surface area contributed by atoms with Crippen molar-refractivity contribution in [3.05, 3.63) is 59.6 Å². The molecule has 1 aromatic heterocycles. The molecule has 5 nitrogen and oxygen atoms in total. The van der Waals surface area contributed by atoms with Gasteiger partial charge in [0.15, 0.2) is 0 Å². The van der Waals surface area contributed by atoms with Gasteiger partial charge in [0, 0.05) is 5.56 Å². The number of furan rings is 1. The molecule has 1 heterocycles. The number of rotatable bonds is 7. The maximum absolute atomic E-state index is 12.0. The number of benzene rings is 1. The van der Waals surface area contributed by atoms with E-state index >= 15 is 0 Å². The van der Waals surface area contributed by atoms with Gasteiger partial charge in [-0.05, 0) is 61.4 Å². The molecule has 0 spiro atoms. The Bertz CT molecular complexity index is 671. The first kappa shape index (κ1) is 16.5. The van der Waals surface area contributed by atoms with Crippen LogP contribution in [0.15, 0.2) is 57.8 Å². The van der Waals surface area contributed by atoms with E-state index in [2.05, 4.69) is 10.5 Å². The summed E-state index contributed by atoms with van der Waals surface area (Å²) in [4.78, 5) is 12.0. The zero-order valence-corrected chi connectivity index (χ0v) is 13.3. The van der Waals surface area contributed by atoms with E-state index in [1.807, 2.05) is 32.1 Å². The molecule has 0 aliphatic rings. The molecule has 0 saturated heterocycles. The molecule has 0 saturated carbocycles. The third-order valence-electron chi connectivity index (χ3n) is 2.94. The van der Waals surface area contributed by atoms with Crippen LogP contribution in [0, 0.1) is 0 Å². The Morgan fingerprint density at radius 3 is 2.74 bits per heavy atom. The lowest BCUT2D eigenvalue weighted by Crippen LogP contribution is -2.17. The van der Waals surface area contributed by atoms with Crippen molar-refractivity contribution in [3.63, 3.8) is 0 Å². The van der Waals surface area contributed by atoms with Crippen LogP contribution in [0.2, 0.25) is 0 Å². The number of hydrogen-bond donors (Lipinski definition) is 1. The lowest BCUT2D eigenvalue weighted by atomic mass is 10.2. The summed E-state index contributed by atoms with van der Waals surface area (Å²) in [5.74, 6) is 1.22. The van der Waals surface area contributed by atoms with Gasteiger partial charge in [0.25, 0.3) is 5.91 Å². The standard InChI is InChI=1S/C18H20N2O3/c1-3-10-22-16-8-6-15(7-9-16)18(21)20-19-13-14(2)12-17-5-4-11-23-17/h4-9,11-13H,3,10H2,1-2H3,(H,20,21)/b14-12+,19-13-. The van der Waals surface area contributed by atoms with Crippen LogP contribution >= 0.6 is 0 Å². The summed E-state index contributed by atoms with van der Waals surface area (Å²) in [5, 5.41) is 3.93. The van der Waals surface area contributed by atoms with Crippen molar-refractivity contribution in [2.45, 2.75) is 20.3 Å². The SMILES string of the molecule is CCCOc1ccc(C(=O)N/N=C\C(C)=C\c2ccco2)cc1. The minimum Gasteiger partial charge on any atom is -0.494 e. The fourth-order valence-electron chi connectivity index (χ4n) is 1.81. The summed E-state index contributed by atoms with van der Waals surface area (Å²) in [7, 11) is 0. The van der Waals surface area contributed by atoms with Crippen LogP contribution in [0.25, 0.3) is 6.08 Å². The third kappa shape index (κ3) is 5.47. The molecule has 0 aliphatic carbocycles. The van der Waals surface area contributed by atoms with Crippen molar-refractivity contribution in [1.82, 2.24) is 5.43 Å². The lowest BCUT2D eigenvalue weighted by Gasteiger charge is -2.05. The number of allylic oxidation sites excluding steroid dienone is 1. The molecule has 0 radical (unpaired) electrons. The van der Waals surface area contributed by atoms with Gasteiger partial charge in [0.1, 0.15) is 11.5 Å². The van der Waals surface area contributed by atoms with Crippen LogP contribution in [0.4, 0.5) is 0 Å². The van der Waals surface area contributed by atoms with Crippen molar-refractivity contribution < 1.29 is 13.9 Å². The zero-order valence-electron chi connectivity index (χ0n) is 13.3. The third-order valence-corrected chi connectivity index (χ3v) is 2.94. The summed E-state index contributed by atoms with van der Waals surface area (Å²) < 4.78 is 10.7. The normalized spacial score (nSPS) is 11.7. The van der Waals surface area contributed by atoms with Gasteiger partial charge in [0.2, 0.25) is 0 Å². The van der Waals surface area contributed by atoms with Crippen LogP contribution in [0.3, 0.4) is 0 Å². The number of hydrazone groups is 1. The molecule has 0 aliphatic heterocycles. The second-order valence-corrected chi connectivity index (χ2v) is 4.98. The number of carbonyl (C=O) groups is 1. The summed E-state index contributed by atoms with van der Waals surface area (Å²) >= 11 is 0. The Kier molecular flexibility index (Phi) is 6.17. The minimum atomic E-state index is -0.269. The molecular formula is C18H20N2O3. The molecule has 2 aromatic rings. The number of carbonyl (C=O) groups excluding carboxylic acids is 1. The molecule has 1 aromatic carbocycles. The van der Waals surface area contributed by atoms with Gasteiger partial charge in [0.05, 0.1) is 19.1 Å². The predicted molar refractivity (Wildman–Crippen MR) is 90.5 cm³/mol. The fourth-order valence-corrected chi connectivity index (χ4v) is 1.81. The molecule has 0 fully saturated rings. The Morgan fingerprint density at radius 1 is 1.30 bits per heavy atom. The highest BCUT2D eigenvalue weighted by Gasteiger charge is 2.04. The minimum absolute atomic E-state index is 0.269. The average molecular weight is 312 g/mol. The van der Waals surface area contributed by atoms with Crippen LogP contribution in [0.1, 0.15) is 36.4 Å². The number of nitrogens with one attached hydrogen (secondary N) is 1. The van der Waals surface area contributed by atoms with Crippen molar-refractivity contribution in [2.24, 2.45) is 5.10 Å². The molecule has 1 amide bonds. The first-order valence-electron chi connectivity index (χ1n) is 7.47. The summed E-state index contributed by atoms with van der Waals surface area (Å²) in [5.41, 5.74) is 3.88. The lowest BCUT2D eigenvalue weighted by molar-refractivity contribution is 0.0955. The molecule has 0 atom stereocenters. The number of amides is 1. The molecule has 5 heteroatoms. The van der Waals surface area contributed by atoms with E-state index in [4.69, 9.17) is 9.15 Å². The van der Waals surface area contributed by atoms with Crippen molar-refractivity contribution in [1.29, 1.82) is 0 Å². The van der Waals surface area contributed by atoms with Gasteiger partial charge in [-0.2, -0.15) is 5.10 Å². The Balaban J connectivity index is 1.87. The molecule has 1 N–H and O–H groups in total. The highest BCUT2D eigenvalue weighted by molar-refractivity contribution is 5.95. The monoisotopic (exact) mass is 312 g/mol. The zero-order chi connectivity index (χ0) is 16.5. The summed E-state index contributed by atoms with van der Waals surface area (Å²) in [6.07, 6.45) is 5.95. The predicted octanol–water partition coefficient (Wildman–Crippen LogP) is 3.89. The van der Waals surface area contributed by atoms with Crippen molar-refractivity contribution >= 4 is 18.2 Å². The van der Waals surface area contributed by atoms with Gasteiger partial charge in [-0.1, -0.05) is 6.92 Å². The Labute approximate surface area is 135 Å². The molecular weight excluding hydrogens is 292 g/mol. The average Bonchev–Trinajstić information content (AvgIpc) is 3.06. The quantitative estimate of drug-likeness (QED) is 0.623. The van der Waals surface area contributed by atoms with Gasteiger partial charge < -0.3 is 9.15 Å². The summed E-state index contributed by atoms with van der Waals surface area (Å²) in [6, 6.07) is 10.6. The molecule has 23 heavy (non-hydrogen) atoms. The van der Waals surface area contributed by atoms with Gasteiger partial charge >= 0.3 is 0 Å². The highest BCUT2D eigenvalue weighted by Crippen LogP contribution is 2.12. The largest absolute Gasteiger partial charge is 0.494 e. The first-order valence-corrected chi connectivity index (χ1v) is 7.47. The fraction of sp³-hybridized carbons (Fsp3) is 0.222. The number of ether oxygens (including phenoxy) is 1. The van der Waals surface area contributed by atoms with Crippen LogP contribution in [-0.4, -0.2) is 18.7 Å². The highest BCUT2D eigenvalue weighted by atomic mass is 16.5. The van der Waals surface area contributed by atoms with Gasteiger partial charge in [-0.25, -0.2) is 5.43 Å². The van der Waals surface area contributed by atoms with E-state index in [1.165, 1.54) is 0 Å². The van der Waals surface area contributed by atoms with Gasteiger partial charge in [-0.3, -0.25) is 4.79 Å². The van der Waals surface area contributed by atoms with E-state index in [-0.39, 0.29) is 5.91 Å². The second-order valence-electron chi connectivity index (χ2n) is 4.98. The van der Waals surface area contributed by atoms with E-state index in [0.29, 0.717) is 12.2 Å². The first-order chi connectivity index (χ1) is 11.2. The van der Waals surface area contributed by atoms with Crippen LogP contribution in [0.5, 0.6) is 5.75 Å².